The summed E-state index contributed by atoms with van der Waals surface area (Å²) in [4.78, 5) is 23.6. The maximum Gasteiger partial charge on any atom is 0.344 e. The van der Waals surface area contributed by atoms with Gasteiger partial charge in [-0.2, -0.15) is 0 Å². The number of esters is 1. The van der Waals surface area contributed by atoms with Crippen LogP contribution in [-0.2, 0) is 0 Å². The zero-order valence-corrected chi connectivity index (χ0v) is 17.8. The van der Waals surface area contributed by atoms with Crippen LogP contribution in [0.1, 0.15) is 66.2 Å². The van der Waals surface area contributed by atoms with Gasteiger partial charge in [0.1, 0.15) is 11.5 Å². The lowest BCUT2D eigenvalue weighted by Gasteiger charge is -2.10. The predicted molar refractivity (Wildman–Crippen MR) is 121 cm³/mol. The van der Waals surface area contributed by atoms with Crippen LogP contribution in [-0.4, -0.2) is 23.7 Å². The zero-order chi connectivity index (χ0) is 22.1. The number of carbonyl (C=O) groups is 2. The van der Waals surface area contributed by atoms with Gasteiger partial charge in [-0.15, -0.1) is 0 Å². The summed E-state index contributed by atoms with van der Waals surface area (Å²) in [6.07, 6.45) is 7.30. The molecular formula is C26H28O5. The van der Waals surface area contributed by atoms with E-state index < -0.39 is 11.9 Å². The van der Waals surface area contributed by atoms with Crippen LogP contribution in [0.3, 0.4) is 0 Å². The van der Waals surface area contributed by atoms with Crippen molar-refractivity contribution in [2.24, 2.45) is 0 Å². The van der Waals surface area contributed by atoms with Gasteiger partial charge in [0.15, 0.2) is 0 Å². The van der Waals surface area contributed by atoms with E-state index in [1.165, 1.54) is 56.4 Å². The van der Waals surface area contributed by atoms with Crippen molar-refractivity contribution < 1.29 is 24.2 Å². The van der Waals surface area contributed by atoms with Gasteiger partial charge in [0.05, 0.1) is 17.7 Å². The van der Waals surface area contributed by atoms with Crippen molar-refractivity contribution in [2.75, 3.05) is 6.61 Å². The molecule has 1 N–H and O–H groups in total. The van der Waals surface area contributed by atoms with Crippen LogP contribution in [0.5, 0.6) is 11.5 Å². The lowest BCUT2D eigenvalue weighted by molar-refractivity contribution is 0.0696. The number of unbranched alkanes of at least 4 members (excludes halogenated alkanes) is 5. The third kappa shape index (κ3) is 6.32. The standard InChI is InChI=1S/C26H28O5/c1-2-3-4-5-6-7-17-30-22-15-16-23-20(18-22)9-8-10-24(23)26(29)31-21-13-11-19(12-14-21)25(27)28/h8-16,18H,2-7,17H2,1H3,(H,27,28). The van der Waals surface area contributed by atoms with Gasteiger partial charge < -0.3 is 14.6 Å². The Balaban J connectivity index is 1.62. The minimum absolute atomic E-state index is 0.137. The number of rotatable bonds is 11. The van der Waals surface area contributed by atoms with Crippen LogP contribution in [0.25, 0.3) is 10.8 Å². The summed E-state index contributed by atoms with van der Waals surface area (Å²) >= 11 is 0. The Hall–Kier alpha value is -3.34. The quantitative estimate of drug-likeness (QED) is 0.218. The second kappa shape index (κ2) is 11.2. The highest BCUT2D eigenvalue weighted by molar-refractivity contribution is 6.05. The fourth-order valence-corrected chi connectivity index (χ4v) is 3.43. The van der Waals surface area contributed by atoms with Gasteiger partial charge in [0, 0.05) is 0 Å². The minimum Gasteiger partial charge on any atom is -0.494 e. The number of fused-ring (bicyclic) bond motifs is 1. The van der Waals surface area contributed by atoms with E-state index in [0.717, 1.165) is 22.9 Å². The number of carbonyl (C=O) groups excluding carboxylic acids is 1. The third-order valence-electron chi connectivity index (χ3n) is 5.15. The van der Waals surface area contributed by atoms with Gasteiger partial charge in [-0.1, -0.05) is 51.2 Å². The lowest BCUT2D eigenvalue weighted by Crippen LogP contribution is -2.09. The summed E-state index contributed by atoms with van der Waals surface area (Å²) in [6.45, 7) is 2.90. The van der Waals surface area contributed by atoms with Crippen LogP contribution in [0.4, 0.5) is 0 Å². The van der Waals surface area contributed by atoms with Crippen molar-refractivity contribution in [2.45, 2.75) is 45.4 Å². The Morgan fingerprint density at radius 2 is 1.55 bits per heavy atom. The Bertz CT molecular complexity index is 1020. The van der Waals surface area contributed by atoms with Crippen molar-refractivity contribution in [3.63, 3.8) is 0 Å². The van der Waals surface area contributed by atoms with Gasteiger partial charge in [-0.25, -0.2) is 9.59 Å². The van der Waals surface area contributed by atoms with Crippen LogP contribution >= 0.6 is 0 Å². The van der Waals surface area contributed by atoms with Gasteiger partial charge in [0.2, 0.25) is 0 Å². The number of benzene rings is 3. The maximum atomic E-state index is 12.7. The van der Waals surface area contributed by atoms with Crippen molar-refractivity contribution in [3.05, 3.63) is 71.8 Å². The average Bonchev–Trinajstić information content (AvgIpc) is 2.78. The first kappa shape index (κ1) is 22.3. The first-order valence-electron chi connectivity index (χ1n) is 10.8. The molecule has 3 rings (SSSR count). The average molecular weight is 421 g/mol. The van der Waals surface area contributed by atoms with Gasteiger partial charge in [-0.05, 0) is 65.7 Å². The third-order valence-corrected chi connectivity index (χ3v) is 5.15. The Morgan fingerprint density at radius 1 is 0.839 bits per heavy atom. The van der Waals surface area contributed by atoms with Crippen molar-refractivity contribution in [1.29, 1.82) is 0 Å². The number of aromatic carboxylic acids is 1. The number of hydrogen-bond acceptors (Lipinski definition) is 4. The summed E-state index contributed by atoms with van der Waals surface area (Å²) in [6, 6.07) is 16.9. The molecule has 0 saturated heterocycles. The van der Waals surface area contributed by atoms with E-state index in [2.05, 4.69) is 6.92 Å². The van der Waals surface area contributed by atoms with Gasteiger partial charge >= 0.3 is 11.9 Å². The van der Waals surface area contributed by atoms with Crippen LogP contribution < -0.4 is 9.47 Å². The highest BCUT2D eigenvalue weighted by atomic mass is 16.5. The molecule has 5 heteroatoms. The summed E-state index contributed by atoms with van der Waals surface area (Å²) in [7, 11) is 0. The van der Waals surface area contributed by atoms with E-state index in [-0.39, 0.29) is 5.56 Å². The molecule has 0 spiro atoms. The molecule has 0 aromatic heterocycles. The molecule has 0 saturated carbocycles. The molecule has 0 bridgehead atoms. The molecule has 0 aliphatic rings. The molecule has 0 unspecified atom stereocenters. The number of carboxylic acid groups (broad SMARTS) is 1. The topological polar surface area (TPSA) is 72.8 Å². The van der Waals surface area contributed by atoms with E-state index in [9.17, 15) is 9.59 Å². The number of carboxylic acids is 1. The van der Waals surface area contributed by atoms with E-state index in [1.54, 1.807) is 6.07 Å². The summed E-state index contributed by atoms with van der Waals surface area (Å²) < 4.78 is 11.3. The fraction of sp³-hybridized carbons (Fsp3) is 0.308. The lowest BCUT2D eigenvalue weighted by atomic mass is 10.0. The second-order valence-electron chi connectivity index (χ2n) is 7.52. The molecule has 0 heterocycles. The summed E-state index contributed by atoms with van der Waals surface area (Å²) in [5, 5.41) is 10.6. The van der Waals surface area contributed by atoms with Crippen LogP contribution in [0.15, 0.2) is 60.7 Å². The SMILES string of the molecule is CCCCCCCCOc1ccc2c(C(=O)Oc3ccc(C(=O)O)cc3)cccc2c1. The largest absolute Gasteiger partial charge is 0.494 e. The molecule has 0 atom stereocenters. The first-order chi connectivity index (χ1) is 15.1. The molecule has 0 radical (unpaired) electrons. The fourth-order valence-electron chi connectivity index (χ4n) is 3.43. The van der Waals surface area contributed by atoms with Crippen molar-refractivity contribution in [1.82, 2.24) is 0 Å². The zero-order valence-electron chi connectivity index (χ0n) is 17.8. The molecule has 3 aromatic rings. The summed E-state index contributed by atoms with van der Waals surface area (Å²) in [5.74, 6) is -0.433. The smallest absolute Gasteiger partial charge is 0.344 e. The number of hydrogen-bond donors (Lipinski definition) is 1. The molecule has 0 aliphatic heterocycles. The normalized spacial score (nSPS) is 10.7. The first-order valence-corrected chi connectivity index (χ1v) is 10.8. The van der Waals surface area contributed by atoms with E-state index in [1.807, 2.05) is 30.3 Å². The number of ether oxygens (including phenoxy) is 2. The van der Waals surface area contributed by atoms with Gasteiger partial charge in [-0.3, -0.25) is 0 Å². The monoisotopic (exact) mass is 420 g/mol. The minimum atomic E-state index is -1.03. The van der Waals surface area contributed by atoms with Crippen LogP contribution in [0, 0.1) is 0 Å². The predicted octanol–water partition coefficient (Wildman–Crippen LogP) is 6.50. The molecule has 0 fully saturated rings. The molecule has 0 amide bonds. The van der Waals surface area contributed by atoms with Crippen molar-refractivity contribution >= 4 is 22.7 Å². The van der Waals surface area contributed by atoms with E-state index in [4.69, 9.17) is 14.6 Å². The Labute approximate surface area is 182 Å². The van der Waals surface area contributed by atoms with Crippen LogP contribution in [0.2, 0.25) is 0 Å². The molecular weight excluding hydrogens is 392 g/mol. The second-order valence-corrected chi connectivity index (χ2v) is 7.52. The molecule has 3 aromatic carbocycles. The van der Waals surface area contributed by atoms with E-state index in [0.29, 0.717) is 17.9 Å². The Morgan fingerprint density at radius 3 is 2.29 bits per heavy atom. The molecule has 0 aliphatic carbocycles. The maximum absolute atomic E-state index is 12.7. The van der Waals surface area contributed by atoms with Crippen molar-refractivity contribution in [3.8, 4) is 11.5 Å². The van der Waals surface area contributed by atoms with Gasteiger partial charge in [0.25, 0.3) is 0 Å². The molecule has 5 nitrogen and oxygen atoms in total. The molecule has 31 heavy (non-hydrogen) atoms. The Kier molecular flexibility index (Phi) is 8.05. The van der Waals surface area contributed by atoms with E-state index >= 15 is 0 Å². The highest BCUT2D eigenvalue weighted by Crippen LogP contribution is 2.25. The molecule has 162 valence electrons. The summed E-state index contributed by atoms with van der Waals surface area (Å²) in [5.41, 5.74) is 0.584. The highest BCUT2D eigenvalue weighted by Gasteiger charge is 2.13.